The second-order valence-corrected chi connectivity index (χ2v) is 13.5. The number of ether oxygens (including phenoxy) is 2. The van der Waals surface area contributed by atoms with Crippen LogP contribution in [-0.4, -0.2) is 60.9 Å². The summed E-state index contributed by atoms with van der Waals surface area (Å²) in [6.07, 6.45) is -5.50. The molecule has 2 aromatic heterocycles. The zero-order chi connectivity index (χ0) is 31.1. The number of Topliss-reactive ketones (excluding diaryl/α,β-unsaturated/α-hetero) is 1. The van der Waals surface area contributed by atoms with Crippen LogP contribution < -0.4 is 14.2 Å². The molecular weight excluding hydrogens is 599 g/mol. The smallest absolute Gasteiger partial charge is 0.422 e. The lowest BCUT2D eigenvalue weighted by atomic mass is 9.87. The number of nitrogens with one attached hydrogen (secondary N) is 1. The summed E-state index contributed by atoms with van der Waals surface area (Å²) in [6, 6.07) is 7.13. The Hall–Kier alpha value is -2.84. The van der Waals surface area contributed by atoms with Gasteiger partial charge in [-0.1, -0.05) is 17.7 Å². The number of alkyl halides is 3. The Morgan fingerprint density at radius 3 is 2.62 bits per heavy atom. The van der Waals surface area contributed by atoms with Crippen LogP contribution in [0.1, 0.15) is 62.2 Å². The molecule has 42 heavy (non-hydrogen) atoms. The van der Waals surface area contributed by atoms with E-state index in [0.717, 1.165) is 6.07 Å². The highest BCUT2D eigenvalue weighted by atomic mass is 35.5. The summed E-state index contributed by atoms with van der Waals surface area (Å²) < 4.78 is 69.7. The van der Waals surface area contributed by atoms with Crippen LogP contribution in [0.3, 0.4) is 0 Å². The van der Waals surface area contributed by atoms with E-state index < -0.39 is 62.5 Å². The summed E-state index contributed by atoms with van der Waals surface area (Å²) in [6.45, 7) is 6.33. The highest BCUT2D eigenvalue weighted by Gasteiger charge is 2.57. The van der Waals surface area contributed by atoms with Gasteiger partial charge in [-0.05, 0) is 58.4 Å². The molecule has 228 valence electrons. The van der Waals surface area contributed by atoms with Gasteiger partial charge in [-0.2, -0.15) is 13.2 Å². The molecule has 3 N–H and O–H groups in total. The van der Waals surface area contributed by atoms with Crippen molar-refractivity contribution in [1.82, 2.24) is 14.7 Å². The largest absolute Gasteiger partial charge is 0.489 e. The van der Waals surface area contributed by atoms with E-state index in [1.807, 2.05) is 0 Å². The number of aliphatic hydroxyl groups excluding tert-OH is 1. The topological polar surface area (TPSA) is 131 Å². The van der Waals surface area contributed by atoms with Crippen LogP contribution in [0.2, 0.25) is 5.15 Å². The monoisotopic (exact) mass is 629 g/mol. The van der Waals surface area contributed by atoms with Crippen molar-refractivity contribution in [1.29, 1.82) is 0 Å². The third-order valence-corrected chi connectivity index (χ3v) is 8.86. The van der Waals surface area contributed by atoms with Gasteiger partial charge in [0.05, 0.1) is 33.6 Å². The molecule has 3 atom stereocenters. The van der Waals surface area contributed by atoms with Crippen molar-refractivity contribution < 1.29 is 41.9 Å². The number of ketones is 1. The molecule has 9 nitrogen and oxygen atoms in total. The van der Waals surface area contributed by atoms with Crippen LogP contribution in [-0.2, 0) is 22.1 Å². The number of halogens is 4. The second kappa shape index (κ2) is 11.7. The number of aromatic nitrogens is 2. The Kier molecular flexibility index (Phi) is 8.92. The summed E-state index contributed by atoms with van der Waals surface area (Å²) >= 11 is 6.24. The van der Waals surface area contributed by atoms with Gasteiger partial charge < -0.3 is 19.7 Å². The number of pyridine rings is 2. The van der Waals surface area contributed by atoms with Gasteiger partial charge in [0.15, 0.2) is 16.7 Å². The molecule has 14 heteroatoms. The van der Waals surface area contributed by atoms with E-state index in [4.69, 9.17) is 26.2 Å². The summed E-state index contributed by atoms with van der Waals surface area (Å²) in [4.78, 5) is 21.2. The first-order valence-electron chi connectivity index (χ1n) is 13.0. The molecule has 1 aliphatic heterocycles. The van der Waals surface area contributed by atoms with Crippen molar-refractivity contribution in [3.05, 3.63) is 58.5 Å². The van der Waals surface area contributed by atoms with Gasteiger partial charge >= 0.3 is 6.18 Å². The number of hydrogen-bond donors (Lipinski definition) is 3. The average molecular weight is 630 g/mol. The molecule has 0 saturated heterocycles. The summed E-state index contributed by atoms with van der Waals surface area (Å²) in [5, 5.41) is 20.4. The molecule has 0 amide bonds. The van der Waals surface area contributed by atoms with Gasteiger partial charge in [0, 0.05) is 29.1 Å². The molecule has 0 radical (unpaired) electrons. The number of aliphatic hydroxyl groups is 2. The fraction of sp³-hybridized carbons (Fsp3) is 0.464. The minimum Gasteiger partial charge on any atom is -0.489 e. The molecule has 0 saturated carbocycles. The molecule has 1 aliphatic rings. The van der Waals surface area contributed by atoms with Crippen molar-refractivity contribution in [2.75, 3.05) is 19.8 Å². The maximum absolute atomic E-state index is 14.5. The predicted molar refractivity (Wildman–Crippen MR) is 151 cm³/mol. The van der Waals surface area contributed by atoms with E-state index in [1.165, 1.54) is 18.3 Å². The SMILES string of the molecule is CC(C)(C)S(=O)N[C@]1(C)COc2c1cc([C@](O)(CCC(=O)c1cc(OCCO)c3ncccc3c1)C(F)(F)F)nc2Cl. The van der Waals surface area contributed by atoms with Crippen LogP contribution in [0.5, 0.6) is 11.5 Å². The van der Waals surface area contributed by atoms with E-state index in [9.17, 15) is 27.3 Å². The molecule has 1 aromatic carbocycles. The van der Waals surface area contributed by atoms with Gasteiger partial charge in [0.1, 0.15) is 24.5 Å². The first kappa shape index (κ1) is 32.1. The first-order valence-corrected chi connectivity index (χ1v) is 14.5. The minimum atomic E-state index is -5.24. The highest BCUT2D eigenvalue weighted by Crippen LogP contribution is 2.47. The van der Waals surface area contributed by atoms with E-state index in [1.54, 1.807) is 39.8 Å². The van der Waals surface area contributed by atoms with Crippen LogP contribution in [0.4, 0.5) is 13.2 Å². The number of fused-ring (bicyclic) bond motifs is 2. The Morgan fingerprint density at radius 2 is 1.98 bits per heavy atom. The minimum absolute atomic E-state index is 0.0158. The quantitative estimate of drug-likeness (QED) is 0.217. The highest BCUT2D eigenvalue weighted by molar-refractivity contribution is 7.84. The lowest BCUT2D eigenvalue weighted by Gasteiger charge is -2.32. The number of nitrogens with zero attached hydrogens (tertiary/aromatic N) is 2. The second-order valence-electron chi connectivity index (χ2n) is 11.2. The van der Waals surface area contributed by atoms with Gasteiger partial charge in [0.2, 0.25) is 5.60 Å². The fourth-order valence-corrected chi connectivity index (χ4v) is 5.57. The average Bonchev–Trinajstić information content (AvgIpc) is 3.25. The zero-order valence-electron chi connectivity index (χ0n) is 23.3. The third-order valence-electron chi connectivity index (χ3n) is 6.85. The normalized spacial score (nSPS) is 19.2. The molecule has 0 bridgehead atoms. The van der Waals surface area contributed by atoms with Crippen molar-refractivity contribution in [2.45, 2.75) is 62.6 Å². The summed E-state index contributed by atoms with van der Waals surface area (Å²) in [5.74, 6) is -0.495. The molecule has 1 unspecified atom stereocenters. The first-order chi connectivity index (χ1) is 19.5. The number of benzene rings is 1. The van der Waals surface area contributed by atoms with Crippen molar-refractivity contribution in [2.24, 2.45) is 0 Å². The Bertz CT molecular complexity index is 1530. The van der Waals surface area contributed by atoms with Crippen LogP contribution in [0.25, 0.3) is 10.9 Å². The van der Waals surface area contributed by atoms with E-state index in [-0.39, 0.29) is 42.4 Å². The third kappa shape index (κ3) is 6.25. The van der Waals surface area contributed by atoms with Crippen LogP contribution in [0, 0.1) is 0 Å². The Morgan fingerprint density at radius 1 is 1.26 bits per heavy atom. The standard InChI is InChI=1S/C28H31ClF3N3O6S/c1-25(2,3)42(39)35-26(4)15-41-23-18(26)14-21(34-24(23)29)27(38,28(30,31)32)8-7-19(37)17-12-16-6-5-9-33-22(16)20(13-17)40-11-10-36/h5-6,9,12-14,35-36,38H,7-8,10-11,15H2,1-4H3/t26-,27-,42?/m1/s1. The predicted octanol–water partition coefficient (Wildman–Crippen LogP) is 4.73. The molecule has 3 heterocycles. The number of carbonyl (C=O) groups is 1. The molecule has 0 spiro atoms. The summed E-state index contributed by atoms with van der Waals surface area (Å²) in [7, 11) is -1.62. The van der Waals surface area contributed by atoms with Gasteiger partial charge in [0.25, 0.3) is 0 Å². The zero-order valence-corrected chi connectivity index (χ0v) is 24.9. The van der Waals surface area contributed by atoms with Gasteiger partial charge in [-0.15, -0.1) is 0 Å². The van der Waals surface area contributed by atoms with E-state index in [0.29, 0.717) is 10.9 Å². The Labute approximate surface area is 248 Å². The molecule has 4 rings (SSSR count). The maximum atomic E-state index is 14.5. The lowest BCUT2D eigenvalue weighted by Crippen LogP contribution is -2.47. The maximum Gasteiger partial charge on any atom is 0.422 e. The van der Waals surface area contributed by atoms with Gasteiger partial charge in [-0.3, -0.25) is 9.78 Å². The molecule has 3 aromatic rings. The number of rotatable bonds is 10. The van der Waals surface area contributed by atoms with E-state index in [2.05, 4.69) is 14.7 Å². The summed E-state index contributed by atoms with van der Waals surface area (Å²) in [5.41, 5.74) is -4.97. The van der Waals surface area contributed by atoms with Gasteiger partial charge in [-0.25, -0.2) is 13.9 Å². The number of carbonyl (C=O) groups excluding carboxylic acids is 1. The van der Waals surface area contributed by atoms with Crippen LogP contribution >= 0.6 is 11.6 Å². The fourth-order valence-electron chi connectivity index (χ4n) is 4.44. The molecule has 0 fully saturated rings. The van der Waals surface area contributed by atoms with Crippen molar-refractivity contribution >= 4 is 39.3 Å². The lowest BCUT2D eigenvalue weighted by molar-refractivity contribution is -0.270. The van der Waals surface area contributed by atoms with Crippen molar-refractivity contribution in [3.63, 3.8) is 0 Å². The van der Waals surface area contributed by atoms with Crippen LogP contribution in [0.15, 0.2) is 36.5 Å². The van der Waals surface area contributed by atoms with Crippen molar-refractivity contribution in [3.8, 4) is 11.5 Å². The Balaban J connectivity index is 1.68. The number of hydrogen-bond acceptors (Lipinski definition) is 8. The molecular formula is C28H31ClF3N3O6S. The molecule has 0 aliphatic carbocycles. The van der Waals surface area contributed by atoms with E-state index >= 15 is 0 Å².